The predicted octanol–water partition coefficient (Wildman–Crippen LogP) is 2.41. The van der Waals surface area contributed by atoms with E-state index in [-0.39, 0.29) is 24.5 Å². The van der Waals surface area contributed by atoms with E-state index in [4.69, 9.17) is 9.15 Å². The SMILES string of the molecule is O=C(COC(=O)C1CCCC1)Nc1nnc(-c2ccccc2)o1. The minimum Gasteiger partial charge on any atom is -0.455 e. The number of hydrogen-bond acceptors (Lipinski definition) is 6. The summed E-state index contributed by atoms with van der Waals surface area (Å²) in [7, 11) is 0. The molecule has 0 atom stereocenters. The third-order valence-electron chi connectivity index (χ3n) is 3.73. The molecule has 7 nitrogen and oxygen atoms in total. The molecule has 1 heterocycles. The Morgan fingerprint density at radius 1 is 1.17 bits per heavy atom. The number of rotatable bonds is 5. The lowest BCUT2D eigenvalue weighted by Crippen LogP contribution is -2.23. The van der Waals surface area contributed by atoms with Gasteiger partial charge in [-0.05, 0) is 25.0 Å². The highest BCUT2D eigenvalue weighted by Crippen LogP contribution is 2.25. The van der Waals surface area contributed by atoms with E-state index in [0.717, 1.165) is 31.2 Å². The Labute approximate surface area is 133 Å². The summed E-state index contributed by atoms with van der Waals surface area (Å²) < 4.78 is 10.4. The van der Waals surface area contributed by atoms with Gasteiger partial charge in [-0.2, -0.15) is 0 Å². The maximum absolute atomic E-state index is 11.8. The van der Waals surface area contributed by atoms with Crippen molar-refractivity contribution in [3.05, 3.63) is 30.3 Å². The number of carbonyl (C=O) groups is 2. The second kappa shape index (κ2) is 7.04. The van der Waals surface area contributed by atoms with Crippen molar-refractivity contribution in [2.75, 3.05) is 11.9 Å². The van der Waals surface area contributed by atoms with Crippen LogP contribution in [0.5, 0.6) is 0 Å². The summed E-state index contributed by atoms with van der Waals surface area (Å²) in [4.78, 5) is 23.5. The van der Waals surface area contributed by atoms with Gasteiger partial charge in [0.25, 0.3) is 5.91 Å². The van der Waals surface area contributed by atoms with Gasteiger partial charge in [-0.3, -0.25) is 14.9 Å². The Hall–Kier alpha value is -2.70. The molecule has 1 saturated carbocycles. The van der Waals surface area contributed by atoms with E-state index in [1.807, 2.05) is 30.3 Å². The smallest absolute Gasteiger partial charge is 0.322 e. The van der Waals surface area contributed by atoms with Gasteiger partial charge in [0.2, 0.25) is 5.89 Å². The molecule has 0 aliphatic heterocycles. The number of carbonyl (C=O) groups excluding carboxylic acids is 2. The molecular formula is C16H17N3O4. The summed E-state index contributed by atoms with van der Waals surface area (Å²) in [5, 5.41) is 10.0. The number of amides is 1. The number of nitrogens with zero attached hydrogens (tertiary/aromatic N) is 2. The molecule has 1 aromatic carbocycles. The summed E-state index contributed by atoms with van der Waals surface area (Å²) in [6.45, 7) is -0.349. The number of hydrogen-bond donors (Lipinski definition) is 1. The molecule has 0 saturated heterocycles. The van der Waals surface area contributed by atoms with Crippen molar-refractivity contribution < 1.29 is 18.7 Å². The number of esters is 1. The molecule has 2 aromatic rings. The van der Waals surface area contributed by atoms with E-state index in [1.165, 1.54) is 0 Å². The Balaban J connectivity index is 1.50. The summed E-state index contributed by atoms with van der Waals surface area (Å²) in [6, 6.07) is 9.19. The van der Waals surface area contributed by atoms with E-state index >= 15 is 0 Å². The van der Waals surface area contributed by atoms with Crippen LogP contribution in [0.15, 0.2) is 34.7 Å². The minimum atomic E-state index is -0.500. The van der Waals surface area contributed by atoms with Gasteiger partial charge in [0.15, 0.2) is 6.61 Å². The molecule has 3 rings (SSSR count). The van der Waals surface area contributed by atoms with Gasteiger partial charge in [-0.25, -0.2) is 0 Å². The molecule has 0 bridgehead atoms. The molecule has 1 aromatic heterocycles. The van der Waals surface area contributed by atoms with Crippen LogP contribution in [-0.2, 0) is 14.3 Å². The average molecular weight is 315 g/mol. The normalized spacial score (nSPS) is 14.6. The van der Waals surface area contributed by atoms with Crippen LogP contribution in [0.25, 0.3) is 11.5 Å². The second-order valence-electron chi connectivity index (χ2n) is 5.42. The van der Waals surface area contributed by atoms with Crippen LogP contribution in [0.2, 0.25) is 0 Å². The summed E-state index contributed by atoms with van der Waals surface area (Å²) in [5.74, 6) is -0.576. The van der Waals surface area contributed by atoms with E-state index in [0.29, 0.717) is 5.89 Å². The van der Waals surface area contributed by atoms with Crippen LogP contribution in [0.4, 0.5) is 6.01 Å². The first-order valence-electron chi connectivity index (χ1n) is 7.58. The summed E-state index contributed by atoms with van der Waals surface area (Å²) in [6.07, 6.45) is 3.75. The lowest BCUT2D eigenvalue weighted by molar-refractivity contribution is -0.151. The molecular weight excluding hydrogens is 298 g/mol. The first kappa shape index (κ1) is 15.2. The van der Waals surface area contributed by atoms with Crippen LogP contribution >= 0.6 is 0 Å². The van der Waals surface area contributed by atoms with E-state index in [2.05, 4.69) is 15.5 Å². The highest BCUT2D eigenvalue weighted by molar-refractivity contribution is 5.91. The van der Waals surface area contributed by atoms with Gasteiger partial charge in [0.05, 0.1) is 5.92 Å². The summed E-state index contributed by atoms with van der Waals surface area (Å²) in [5.41, 5.74) is 0.758. The van der Waals surface area contributed by atoms with Gasteiger partial charge in [-0.15, -0.1) is 5.10 Å². The maximum atomic E-state index is 11.8. The van der Waals surface area contributed by atoms with Crippen molar-refractivity contribution in [3.63, 3.8) is 0 Å². The van der Waals surface area contributed by atoms with Crippen LogP contribution in [0, 0.1) is 5.92 Å². The fraction of sp³-hybridized carbons (Fsp3) is 0.375. The van der Waals surface area contributed by atoms with Gasteiger partial charge in [0, 0.05) is 5.56 Å². The van der Waals surface area contributed by atoms with Gasteiger partial charge in [-0.1, -0.05) is 36.1 Å². The van der Waals surface area contributed by atoms with Crippen LogP contribution in [0.3, 0.4) is 0 Å². The number of nitrogens with one attached hydrogen (secondary N) is 1. The topological polar surface area (TPSA) is 94.3 Å². The molecule has 0 radical (unpaired) electrons. The van der Waals surface area contributed by atoms with Crippen molar-refractivity contribution in [1.29, 1.82) is 0 Å². The van der Waals surface area contributed by atoms with Gasteiger partial charge in [0.1, 0.15) is 0 Å². The zero-order valence-electron chi connectivity index (χ0n) is 12.5. The van der Waals surface area contributed by atoms with Crippen molar-refractivity contribution in [1.82, 2.24) is 10.2 Å². The monoisotopic (exact) mass is 315 g/mol. The lowest BCUT2D eigenvalue weighted by atomic mass is 10.1. The van der Waals surface area contributed by atoms with Crippen LogP contribution in [0.1, 0.15) is 25.7 Å². The van der Waals surface area contributed by atoms with Crippen molar-refractivity contribution >= 4 is 17.9 Å². The van der Waals surface area contributed by atoms with Crippen molar-refractivity contribution in [2.24, 2.45) is 5.92 Å². The highest BCUT2D eigenvalue weighted by Gasteiger charge is 2.24. The largest absolute Gasteiger partial charge is 0.455 e. The minimum absolute atomic E-state index is 0.0224. The predicted molar refractivity (Wildman–Crippen MR) is 81.3 cm³/mol. The number of ether oxygens (including phenoxy) is 1. The maximum Gasteiger partial charge on any atom is 0.322 e. The number of benzene rings is 1. The van der Waals surface area contributed by atoms with Crippen LogP contribution in [-0.4, -0.2) is 28.7 Å². The third kappa shape index (κ3) is 3.94. The van der Waals surface area contributed by atoms with Crippen molar-refractivity contribution in [3.8, 4) is 11.5 Å². The zero-order chi connectivity index (χ0) is 16.1. The molecule has 1 N–H and O–H groups in total. The quantitative estimate of drug-likeness (QED) is 0.851. The zero-order valence-corrected chi connectivity index (χ0v) is 12.5. The van der Waals surface area contributed by atoms with Gasteiger partial charge >= 0.3 is 12.0 Å². The van der Waals surface area contributed by atoms with E-state index < -0.39 is 5.91 Å². The molecule has 120 valence electrons. The molecule has 23 heavy (non-hydrogen) atoms. The van der Waals surface area contributed by atoms with Crippen molar-refractivity contribution in [2.45, 2.75) is 25.7 Å². The number of aromatic nitrogens is 2. The van der Waals surface area contributed by atoms with E-state index in [9.17, 15) is 9.59 Å². The number of anilines is 1. The molecule has 0 unspecified atom stereocenters. The molecule has 7 heteroatoms. The Morgan fingerprint density at radius 3 is 2.65 bits per heavy atom. The fourth-order valence-electron chi connectivity index (χ4n) is 2.54. The third-order valence-corrected chi connectivity index (χ3v) is 3.73. The Morgan fingerprint density at radius 2 is 1.91 bits per heavy atom. The highest BCUT2D eigenvalue weighted by atomic mass is 16.5. The second-order valence-corrected chi connectivity index (χ2v) is 5.42. The first-order chi connectivity index (χ1) is 11.2. The average Bonchev–Trinajstić information content (AvgIpc) is 3.25. The molecule has 1 amide bonds. The first-order valence-corrected chi connectivity index (χ1v) is 7.58. The summed E-state index contributed by atoms with van der Waals surface area (Å²) >= 11 is 0. The molecule has 1 aliphatic carbocycles. The van der Waals surface area contributed by atoms with E-state index in [1.54, 1.807) is 0 Å². The van der Waals surface area contributed by atoms with Crippen LogP contribution < -0.4 is 5.32 Å². The molecule has 1 aliphatic rings. The molecule has 1 fully saturated rings. The fourth-order valence-corrected chi connectivity index (χ4v) is 2.54. The van der Waals surface area contributed by atoms with Gasteiger partial charge < -0.3 is 9.15 Å². The Kier molecular flexibility index (Phi) is 4.65. The Bertz CT molecular complexity index is 678. The lowest BCUT2D eigenvalue weighted by Gasteiger charge is -2.08. The molecule has 0 spiro atoms. The standard InChI is InChI=1S/C16H17N3O4/c20-13(10-22-15(21)12-8-4-5-9-12)17-16-19-18-14(23-16)11-6-2-1-3-7-11/h1-3,6-7,12H,4-5,8-10H2,(H,17,19,20).